The third kappa shape index (κ3) is 3.73. The zero-order chi connectivity index (χ0) is 15.2. The first-order valence-corrected chi connectivity index (χ1v) is 7.72. The minimum absolute atomic E-state index is 0.199. The Kier molecular flexibility index (Phi) is 4.50. The molecule has 0 aliphatic rings. The number of aromatic nitrogens is 2. The highest BCUT2D eigenvalue weighted by Crippen LogP contribution is 2.11. The van der Waals surface area contributed by atoms with Gasteiger partial charge in [-0.15, -0.1) is 11.3 Å². The van der Waals surface area contributed by atoms with E-state index in [0.717, 1.165) is 16.3 Å². The van der Waals surface area contributed by atoms with Gasteiger partial charge in [0.25, 0.3) is 5.91 Å². The number of hydrogen-bond acceptors (Lipinski definition) is 4. The number of amides is 1. The summed E-state index contributed by atoms with van der Waals surface area (Å²) >= 11 is 1.61. The van der Waals surface area contributed by atoms with Crippen LogP contribution in [0.15, 0.2) is 53.9 Å². The van der Waals surface area contributed by atoms with E-state index in [4.69, 9.17) is 4.74 Å². The maximum atomic E-state index is 12.0. The topological polar surface area (TPSA) is 67.0 Å². The Morgan fingerprint density at radius 3 is 2.86 bits per heavy atom. The quantitative estimate of drug-likeness (QED) is 0.735. The minimum Gasteiger partial charge on any atom is -0.487 e. The van der Waals surface area contributed by atoms with Gasteiger partial charge in [-0.05, 0) is 29.6 Å². The molecule has 112 valence electrons. The molecule has 0 fully saturated rings. The van der Waals surface area contributed by atoms with Crippen LogP contribution in [0.25, 0.3) is 0 Å². The normalized spacial score (nSPS) is 10.4. The van der Waals surface area contributed by atoms with Crippen molar-refractivity contribution in [2.45, 2.75) is 13.2 Å². The van der Waals surface area contributed by atoms with Crippen LogP contribution in [-0.4, -0.2) is 16.1 Å². The lowest BCUT2D eigenvalue weighted by Crippen LogP contribution is -2.22. The maximum Gasteiger partial charge on any atom is 0.272 e. The number of benzene rings is 1. The molecule has 2 aromatic heterocycles. The van der Waals surface area contributed by atoms with E-state index < -0.39 is 0 Å². The molecule has 1 aromatic carbocycles. The summed E-state index contributed by atoms with van der Waals surface area (Å²) in [5.41, 5.74) is 1.12. The average molecular weight is 313 g/mol. The summed E-state index contributed by atoms with van der Waals surface area (Å²) in [5.74, 6) is 0.580. The van der Waals surface area contributed by atoms with Crippen molar-refractivity contribution in [3.63, 3.8) is 0 Å². The van der Waals surface area contributed by atoms with Crippen molar-refractivity contribution in [1.82, 2.24) is 15.5 Å². The highest BCUT2D eigenvalue weighted by atomic mass is 32.1. The van der Waals surface area contributed by atoms with Crippen LogP contribution in [0.3, 0.4) is 0 Å². The van der Waals surface area contributed by atoms with Crippen molar-refractivity contribution in [1.29, 1.82) is 0 Å². The molecule has 0 atom stereocenters. The lowest BCUT2D eigenvalue weighted by Gasteiger charge is -2.03. The number of carbonyl (C=O) groups excluding carboxylic acids is 1. The fourth-order valence-electron chi connectivity index (χ4n) is 1.90. The molecule has 2 heterocycles. The molecule has 0 unspecified atom stereocenters. The number of hydrogen-bond donors (Lipinski definition) is 2. The minimum atomic E-state index is -0.199. The van der Waals surface area contributed by atoms with Gasteiger partial charge >= 0.3 is 0 Å². The number of nitrogens with zero attached hydrogens (tertiary/aromatic N) is 1. The van der Waals surface area contributed by atoms with E-state index in [1.165, 1.54) is 0 Å². The van der Waals surface area contributed by atoms with Gasteiger partial charge in [-0.2, -0.15) is 5.10 Å². The predicted molar refractivity (Wildman–Crippen MR) is 84.9 cm³/mol. The highest BCUT2D eigenvalue weighted by molar-refractivity contribution is 7.09. The molecule has 2 N–H and O–H groups in total. The molecular weight excluding hydrogens is 298 g/mol. The number of para-hydroxylation sites is 1. The van der Waals surface area contributed by atoms with Crippen LogP contribution < -0.4 is 10.1 Å². The van der Waals surface area contributed by atoms with Crippen molar-refractivity contribution >= 4 is 17.2 Å². The second-order valence-corrected chi connectivity index (χ2v) is 5.67. The third-order valence-electron chi connectivity index (χ3n) is 3.00. The van der Waals surface area contributed by atoms with Crippen LogP contribution >= 0.6 is 11.3 Å². The SMILES string of the molecule is O=C(NCc1cccs1)c1cc(COc2ccccc2)[nH]n1. The molecule has 3 rings (SSSR count). The Balaban J connectivity index is 1.53. The van der Waals surface area contributed by atoms with Gasteiger partial charge in [-0.25, -0.2) is 0 Å². The number of rotatable bonds is 6. The molecule has 5 nitrogen and oxygen atoms in total. The van der Waals surface area contributed by atoms with E-state index in [-0.39, 0.29) is 5.91 Å². The number of thiophene rings is 1. The van der Waals surface area contributed by atoms with E-state index in [1.807, 2.05) is 47.8 Å². The molecule has 0 saturated heterocycles. The smallest absolute Gasteiger partial charge is 0.272 e. The van der Waals surface area contributed by atoms with Crippen LogP contribution in [0.4, 0.5) is 0 Å². The van der Waals surface area contributed by atoms with Crippen molar-refractivity contribution in [2.75, 3.05) is 0 Å². The van der Waals surface area contributed by atoms with Crippen LogP contribution in [-0.2, 0) is 13.2 Å². The van der Waals surface area contributed by atoms with Crippen molar-refractivity contribution in [3.05, 3.63) is 70.2 Å². The van der Waals surface area contributed by atoms with Gasteiger partial charge in [-0.3, -0.25) is 9.89 Å². The fourth-order valence-corrected chi connectivity index (χ4v) is 2.55. The zero-order valence-corrected chi connectivity index (χ0v) is 12.6. The van der Waals surface area contributed by atoms with Crippen LogP contribution in [0.2, 0.25) is 0 Å². The van der Waals surface area contributed by atoms with Crippen molar-refractivity contribution < 1.29 is 9.53 Å². The molecule has 0 aliphatic heterocycles. The van der Waals surface area contributed by atoms with Crippen molar-refractivity contribution in [3.8, 4) is 5.75 Å². The van der Waals surface area contributed by atoms with Crippen LogP contribution in [0.5, 0.6) is 5.75 Å². The molecule has 0 aliphatic carbocycles. The second-order valence-electron chi connectivity index (χ2n) is 4.64. The first kappa shape index (κ1) is 14.3. The standard InChI is InChI=1S/C16H15N3O2S/c20-16(17-10-14-7-4-8-22-14)15-9-12(18-19-15)11-21-13-5-2-1-3-6-13/h1-9H,10-11H2,(H,17,20)(H,18,19). The van der Waals surface area contributed by atoms with E-state index in [2.05, 4.69) is 15.5 Å². The van der Waals surface area contributed by atoms with Gasteiger partial charge in [0, 0.05) is 4.88 Å². The third-order valence-corrected chi connectivity index (χ3v) is 3.88. The summed E-state index contributed by atoms with van der Waals surface area (Å²) in [7, 11) is 0. The maximum absolute atomic E-state index is 12.0. The Bertz CT molecular complexity index is 723. The summed E-state index contributed by atoms with van der Waals surface area (Å²) in [6, 6.07) is 15.1. The van der Waals surface area contributed by atoms with E-state index in [0.29, 0.717) is 18.8 Å². The van der Waals surface area contributed by atoms with E-state index in [1.54, 1.807) is 17.4 Å². The van der Waals surface area contributed by atoms with Gasteiger partial charge in [0.05, 0.1) is 12.2 Å². The molecule has 0 saturated carbocycles. The zero-order valence-electron chi connectivity index (χ0n) is 11.8. The van der Waals surface area contributed by atoms with Gasteiger partial charge in [0.2, 0.25) is 0 Å². The number of ether oxygens (including phenoxy) is 1. The molecule has 0 spiro atoms. The molecule has 6 heteroatoms. The van der Waals surface area contributed by atoms with Gasteiger partial charge in [-0.1, -0.05) is 24.3 Å². The molecular formula is C16H15N3O2S. The Labute approximate surface area is 132 Å². The lowest BCUT2D eigenvalue weighted by atomic mass is 10.3. The summed E-state index contributed by atoms with van der Waals surface area (Å²) < 4.78 is 5.60. The molecule has 3 aromatic rings. The molecule has 1 amide bonds. The van der Waals surface area contributed by atoms with Gasteiger partial charge in [0.15, 0.2) is 0 Å². The average Bonchev–Trinajstić information content (AvgIpc) is 3.23. The second kappa shape index (κ2) is 6.91. The summed E-state index contributed by atoms with van der Waals surface area (Å²) in [6.07, 6.45) is 0. The number of carbonyl (C=O) groups is 1. The Morgan fingerprint density at radius 1 is 1.23 bits per heavy atom. The Hall–Kier alpha value is -2.60. The largest absolute Gasteiger partial charge is 0.487 e. The summed E-state index contributed by atoms with van der Waals surface area (Å²) in [6.45, 7) is 0.856. The number of aromatic amines is 1. The van der Waals surface area contributed by atoms with Gasteiger partial charge < -0.3 is 10.1 Å². The van der Waals surface area contributed by atoms with Crippen LogP contribution in [0, 0.1) is 0 Å². The van der Waals surface area contributed by atoms with Crippen molar-refractivity contribution in [2.24, 2.45) is 0 Å². The highest BCUT2D eigenvalue weighted by Gasteiger charge is 2.10. The number of nitrogens with one attached hydrogen (secondary N) is 2. The first-order chi connectivity index (χ1) is 10.8. The van der Waals surface area contributed by atoms with E-state index >= 15 is 0 Å². The summed E-state index contributed by atoms with van der Waals surface area (Å²) in [5, 5.41) is 11.6. The summed E-state index contributed by atoms with van der Waals surface area (Å²) in [4.78, 5) is 13.1. The fraction of sp³-hybridized carbons (Fsp3) is 0.125. The van der Waals surface area contributed by atoms with Crippen LogP contribution in [0.1, 0.15) is 21.1 Å². The van der Waals surface area contributed by atoms with Gasteiger partial charge in [0.1, 0.15) is 18.1 Å². The first-order valence-electron chi connectivity index (χ1n) is 6.84. The molecule has 0 bridgehead atoms. The van der Waals surface area contributed by atoms with E-state index in [9.17, 15) is 4.79 Å². The lowest BCUT2D eigenvalue weighted by molar-refractivity contribution is 0.0946. The molecule has 22 heavy (non-hydrogen) atoms. The predicted octanol–water partition coefficient (Wildman–Crippen LogP) is 2.98. The molecule has 0 radical (unpaired) electrons. The Morgan fingerprint density at radius 2 is 2.09 bits per heavy atom. The number of H-pyrrole nitrogens is 1. The monoisotopic (exact) mass is 313 g/mol.